The largest absolute Gasteiger partial charge is 0.0844 e. The molecule has 1 radical (unpaired) electrons. The molecule has 1 heteroatoms. The highest BCUT2D eigenvalue weighted by Crippen LogP contribution is 2.13. The molecular formula is C16H34P. The van der Waals surface area contributed by atoms with Crippen molar-refractivity contribution in [3.63, 3.8) is 0 Å². The van der Waals surface area contributed by atoms with E-state index < -0.39 is 0 Å². The summed E-state index contributed by atoms with van der Waals surface area (Å²) >= 11 is 0. The predicted octanol–water partition coefficient (Wildman–Crippen LogP) is 6.65. The van der Waals surface area contributed by atoms with Gasteiger partial charge in [0.1, 0.15) is 0 Å². The summed E-state index contributed by atoms with van der Waals surface area (Å²) in [5.41, 5.74) is 0. The monoisotopic (exact) mass is 257 g/mol. The first-order valence-electron chi connectivity index (χ1n) is 7.97. The van der Waals surface area contributed by atoms with Gasteiger partial charge >= 0.3 is 0 Å². The van der Waals surface area contributed by atoms with Crippen LogP contribution in [0.1, 0.15) is 90.4 Å². The molecule has 0 N–H and O–H groups in total. The van der Waals surface area contributed by atoms with Gasteiger partial charge < -0.3 is 0 Å². The number of rotatable bonds is 14. The predicted molar refractivity (Wildman–Crippen MR) is 83.4 cm³/mol. The molecule has 0 fully saturated rings. The molecule has 103 valence electrons. The average Bonchev–Trinajstić information content (AvgIpc) is 2.35. The van der Waals surface area contributed by atoms with E-state index in [9.17, 15) is 0 Å². The van der Waals surface area contributed by atoms with Crippen LogP contribution in [0.25, 0.3) is 0 Å². The maximum Gasteiger partial charge on any atom is -0.0290 e. The topological polar surface area (TPSA) is 0 Å². The maximum absolute atomic E-state index is 2.29. The van der Waals surface area contributed by atoms with E-state index in [0.717, 1.165) is 0 Å². The molecule has 0 amide bonds. The van der Waals surface area contributed by atoms with Gasteiger partial charge in [0.05, 0.1) is 0 Å². The van der Waals surface area contributed by atoms with E-state index in [-0.39, 0.29) is 0 Å². The molecule has 0 aromatic carbocycles. The molecule has 0 unspecified atom stereocenters. The van der Waals surface area contributed by atoms with Crippen LogP contribution in [0.5, 0.6) is 0 Å². The smallest absolute Gasteiger partial charge is 0.0290 e. The van der Waals surface area contributed by atoms with Crippen molar-refractivity contribution in [2.75, 3.05) is 12.8 Å². The van der Waals surface area contributed by atoms with Crippen LogP contribution < -0.4 is 0 Å². The normalized spacial score (nSPS) is 11.6. The lowest BCUT2D eigenvalue weighted by atomic mass is 10.1. The van der Waals surface area contributed by atoms with Gasteiger partial charge in [0.2, 0.25) is 0 Å². The Labute approximate surface area is 112 Å². The van der Waals surface area contributed by atoms with Crippen LogP contribution in [0.3, 0.4) is 0 Å². The summed E-state index contributed by atoms with van der Waals surface area (Å²) in [5, 5.41) is 0. The van der Waals surface area contributed by atoms with Crippen molar-refractivity contribution >= 4 is 8.58 Å². The molecule has 0 saturated carbocycles. The van der Waals surface area contributed by atoms with Crippen LogP contribution in [0, 0.1) is 0 Å². The second-order valence-corrected chi connectivity index (χ2v) is 6.36. The van der Waals surface area contributed by atoms with Crippen molar-refractivity contribution in [2.24, 2.45) is 0 Å². The molecule has 0 aromatic heterocycles. The first kappa shape index (κ1) is 17.4. The minimum Gasteiger partial charge on any atom is -0.0844 e. The second-order valence-electron chi connectivity index (χ2n) is 5.28. The quantitative estimate of drug-likeness (QED) is 0.241. The van der Waals surface area contributed by atoms with Gasteiger partial charge in [0.25, 0.3) is 0 Å². The molecule has 0 spiro atoms. The van der Waals surface area contributed by atoms with E-state index in [1.165, 1.54) is 89.6 Å². The van der Waals surface area contributed by atoms with E-state index in [2.05, 4.69) is 13.6 Å². The number of hydrogen-bond acceptors (Lipinski definition) is 0. The Morgan fingerprint density at radius 1 is 0.529 bits per heavy atom. The van der Waals surface area contributed by atoms with E-state index in [1.807, 2.05) is 0 Å². The zero-order valence-corrected chi connectivity index (χ0v) is 13.2. The lowest BCUT2D eigenvalue weighted by Gasteiger charge is -2.02. The summed E-state index contributed by atoms with van der Waals surface area (Å²) in [7, 11) is 1.58. The SMILES string of the molecule is CCCCCCCCCCCCCCC[P]C. The molecule has 0 aliphatic rings. The van der Waals surface area contributed by atoms with Crippen LogP contribution in [0.15, 0.2) is 0 Å². The van der Waals surface area contributed by atoms with Crippen LogP contribution >= 0.6 is 8.58 Å². The summed E-state index contributed by atoms with van der Waals surface area (Å²) in [6.45, 7) is 4.56. The van der Waals surface area contributed by atoms with Crippen molar-refractivity contribution in [1.29, 1.82) is 0 Å². The highest BCUT2D eigenvalue weighted by Gasteiger charge is 1.93. The van der Waals surface area contributed by atoms with E-state index in [0.29, 0.717) is 0 Å². The third-order valence-electron chi connectivity index (χ3n) is 3.49. The molecule has 0 rings (SSSR count). The lowest BCUT2D eigenvalue weighted by molar-refractivity contribution is 0.543. The second kappa shape index (κ2) is 16.4. The average molecular weight is 257 g/mol. The Bertz CT molecular complexity index is 109. The van der Waals surface area contributed by atoms with Gasteiger partial charge in [-0.05, 0) is 19.2 Å². The highest BCUT2D eigenvalue weighted by molar-refractivity contribution is 7.36. The Morgan fingerprint density at radius 3 is 1.24 bits per heavy atom. The third-order valence-corrected chi connectivity index (χ3v) is 4.25. The molecular weight excluding hydrogens is 223 g/mol. The minimum atomic E-state index is 1.37. The van der Waals surface area contributed by atoms with Gasteiger partial charge in [-0.25, -0.2) is 0 Å². The van der Waals surface area contributed by atoms with Crippen LogP contribution in [0.4, 0.5) is 0 Å². The van der Waals surface area contributed by atoms with Gasteiger partial charge in [-0.15, -0.1) is 0 Å². The lowest BCUT2D eigenvalue weighted by Crippen LogP contribution is -1.83. The van der Waals surface area contributed by atoms with Gasteiger partial charge in [-0.3, -0.25) is 0 Å². The summed E-state index contributed by atoms with van der Waals surface area (Å²) in [5.74, 6) is 0. The number of hydrogen-bond donors (Lipinski definition) is 0. The van der Waals surface area contributed by atoms with Crippen LogP contribution in [-0.2, 0) is 0 Å². The first-order valence-corrected chi connectivity index (χ1v) is 9.50. The van der Waals surface area contributed by atoms with E-state index in [1.54, 1.807) is 8.58 Å². The van der Waals surface area contributed by atoms with Gasteiger partial charge in [-0.1, -0.05) is 92.6 Å². The molecule has 0 bridgehead atoms. The molecule has 0 nitrogen and oxygen atoms in total. The molecule has 0 atom stereocenters. The van der Waals surface area contributed by atoms with Crippen LogP contribution in [-0.4, -0.2) is 12.8 Å². The standard InChI is InChI=1S/C16H34P/c1-3-4-5-6-7-8-9-10-11-12-13-14-15-16-17-2/h3-16H2,1-2H3. The van der Waals surface area contributed by atoms with Crippen molar-refractivity contribution in [2.45, 2.75) is 90.4 Å². The molecule has 0 heterocycles. The van der Waals surface area contributed by atoms with Gasteiger partial charge in [0.15, 0.2) is 0 Å². The summed E-state index contributed by atoms with van der Waals surface area (Å²) < 4.78 is 0. The fourth-order valence-corrected chi connectivity index (χ4v) is 2.83. The zero-order chi connectivity index (χ0) is 12.6. The fourth-order valence-electron chi connectivity index (χ4n) is 2.29. The van der Waals surface area contributed by atoms with Crippen molar-refractivity contribution in [1.82, 2.24) is 0 Å². The summed E-state index contributed by atoms with van der Waals surface area (Å²) in [4.78, 5) is 0. The number of unbranched alkanes of at least 4 members (excludes halogenated alkanes) is 12. The van der Waals surface area contributed by atoms with E-state index >= 15 is 0 Å². The van der Waals surface area contributed by atoms with Crippen molar-refractivity contribution in [3.05, 3.63) is 0 Å². The third kappa shape index (κ3) is 16.4. The highest BCUT2D eigenvalue weighted by atomic mass is 31.1. The molecule has 0 aliphatic heterocycles. The van der Waals surface area contributed by atoms with Crippen molar-refractivity contribution in [3.8, 4) is 0 Å². The molecule has 0 aromatic rings. The van der Waals surface area contributed by atoms with Crippen LogP contribution in [0.2, 0.25) is 0 Å². The first-order chi connectivity index (χ1) is 8.41. The van der Waals surface area contributed by atoms with E-state index in [4.69, 9.17) is 0 Å². The molecule has 0 saturated heterocycles. The summed E-state index contributed by atoms with van der Waals surface area (Å²) in [6, 6.07) is 0. The van der Waals surface area contributed by atoms with Gasteiger partial charge in [-0.2, -0.15) is 0 Å². The summed E-state index contributed by atoms with van der Waals surface area (Å²) in [6.07, 6.45) is 20.5. The molecule has 17 heavy (non-hydrogen) atoms. The fraction of sp³-hybridized carbons (Fsp3) is 1.00. The zero-order valence-electron chi connectivity index (χ0n) is 12.3. The Hall–Kier alpha value is 0.430. The van der Waals surface area contributed by atoms with Gasteiger partial charge in [0, 0.05) is 0 Å². The van der Waals surface area contributed by atoms with Crippen molar-refractivity contribution < 1.29 is 0 Å². The maximum atomic E-state index is 2.29. The Morgan fingerprint density at radius 2 is 0.882 bits per heavy atom. The Kier molecular flexibility index (Phi) is 16.8. The molecule has 0 aliphatic carbocycles. The minimum absolute atomic E-state index is 1.37. The Balaban J connectivity index is 2.85.